The van der Waals surface area contributed by atoms with Gasteiger partial charge >= 0.3 is 0 Å². The van der Waals surface area contributed by atoms with Crippen LogP contribution in [0.4, 0.5) is 5.88 Å². The van der Waals surface area contributed by atoms with Crippen molar-refractivity contribution in [3.05, 3.63) is 16.3 Å². The Bertz CT molecular complexity index is 526. The van der Waals surface area contributed by atoms with Crippen LogP contribution < -0.4 is 10.3 Å². The van der Waals surface area contributed by atoms with Crippen molar-refractivity contribution in [2.45, 2.75) is 19.3 Å². The van der Waals surface area contributed by atoms with Gasteiger partial charge in [0.2, 0.25) is 5.88 Å². The summed E-state index contributed by atoms with van der Waals surface area (Å²) in [6.07, 6.45) is 3.54. The van der Waals surface area contributed by atoms with Crippen molar-refractivity contribution in [1.82, 2.24) is 5.43 Å². The Hall–Kier alpha value is -1.81. The number of nitriles is 1. The zero-order valence-electron chi connectivity index (χ0n) is 10.2. The zero-order valence-corrected chi connectivity index (χ0v) is 11.8. The summed E-state index contributed by atoms with van der Waals surface area (Å²) in [4.78, 5) is 13.2. The highest BCUT2D eigenvalue weighted by Crippen LogP contribution is 2.31. The van der Waals surface area contributed by atoms with E-state index in [1.54, 1.807) is 12.1 Å². The molecule has 0 saturated carbocycles. The molecule has 0 bridgehead atoms. The van der Waals surface area contributed by atoms with Crippen LogP contribution in [0, 0.1) is 11.3 Å². The molecule has 2 heterocycles. The first-order valence-corrected chi connectivity index (χ1v) is 6.73. The summed E-state index contributed by atoms with van der Waals surface area (Å²) >= 11 is 3.45. The van der Waals surface area contributed by atoms with Crippen LogP contribution >= 0.6 is 15.9 Å². The average Bonchev–Trinajstić information content (AvgIpc) is 2.98. The fraction of sp³-hybridized carbons (Fsp3) is 0.417. The van der Waals surface area contributed by atoms with Gasteiger partial charge in [-0.3, -0.25) is 4.79 Å². The summed E-state index contributed by atoms with van der Waals surface area (Å²) in [6.45, 7) is 1.98. The highest BCUT2D eigenvalue weighted by atomic mass is 79.9. The standard InChI is InChI=1S/C12H13BrN4O2/c13-10-7-9(8-15-16-11(18)3-4-14)19-12(10)17-5-1-2-6-17/h7-8H,1-3,5-6H2,(H,16,18)/b15-8-. The Balaban J connectivity index is 1.98. The van der Waals surface area contributed by atoms with Gasteiger partial charge in [-0.05, 0) is 28.8 Å². The number of hydrogen-bond acceptors (Lipinski definition) is 5. The Morgan fingerprint density at radius 2 is 2.37 bits per heavy atom. The van der Waals surface area contributed by atoms with E-state index in [1.165, 1.54) is 19.1 Å². The molecular weight excluding hydrogens is 312 g/mol. The predicted octanol–water partition coefficient (Wildman–Crippen LogP) is 2.01. The molecule has 0 aliphatic carbocycles. The minimum Gasteiger partial charge on any atom is -0.438 e. The lowest BCUT2D eigenvalue weighted by atomic mass is 10.4. The molecule has 1 aromatic rings. The van der Waals surface area contributed by atoms with E-state index in [9.17, 15) is 4.79 Å². The van der Waals surface area contributed by atoms with Gasteiger partial charge in [-0.2, -0.15) is 10.4 Å². The number of amides is 1. The maximum absolute atomic E-state index is 11.0. The van der Waals surface area contributed by atoms with Crippen LogP contribution in [0.5, 0.6) is 0 Å². The number of hydrogen-bond donors (Lipinski definition) is 1. The molecule has 1 aliphatic rings. The molecule has 1 N–H and O–H groups in total. The number of halogens is 1. The lowest BCUT2D eigenvalue weighted by molar-refractivity contribution is -0.120. The van der Waals surface area contributed by atoms with Crippen LogP contribution in [0.2, 0.25) is 0 Å². The molecule has 0 unspecified atom stereocenters. The quantitative estimate of drug-likeness (QED) is 0.678. The third kappa shape index (κ3) is 3.58. The number of carbonyl (C=O) groups is 1. The zero-order chi connectivity index (χ0) is 13.7. The molecule has 1 saturated heterocycles. The van der Waals surface area contributed by atoms with Crippen molar-refractivity contribution in [3.8, 4) is 6.07 Å². The van der Waals surface area contributed by atoms with E-state index in [0.29, 0.717) is 5.76 Å². The third-order valence-electron chi connectivity index (χ3n) is 2.70. The molecule has 1 amide bonds. The number of rotatable bonds is 4. The first-order chi connectivity index (χ1) is 9.20. The number of anilines is 1. The monoisotopic (exact) mass is 324 g/mol. The molecule has 0 aromatic carbocycles. The number of carbonyl (C=O) groups excluding carboxylic acids is 1. The highest BCUT2D eigenvalue weighted by molar-refractivity contribution is 9.10. The van der Waals surface area contributed by atoms with Crippen LogP contribution in [-0.4, -0.2) is 25.2 Å². The van der Waals surface area contributed by atoms with E-state index in [4.69, 9.17) is 9.68 Å². The van der Waals surface area contributed by atoms with Crippen LogP contribution in [0.25, 0.3) is 0 Å². The second kappa shape index (κ2) is 6.38. The summed E-state index contributed by atoms with van der Waals surface area (Å²) < 4.78 is 6.53. The normalized spacial score (nSPS) is 14.8. The lowest BCUT2D eigenvalue weighted by Crippen LogP contribution is -2.17. The van der Waals surface area contributed by atoms with Crippen molar-refractivity contribution in [2.24, 2.45) is 5.10 Å². The van der Waals surface area contributed by atoms with Gasteiger partial charge in [0.1, 0.15) is 6.42 Å². The molecule has 7 heteroatoms. The molecule has 1 aromatic heterocycles. The van der Waals surface area contributed by atoms with E-state index >= 15 is 0 Å². The fourth-order valence-electron chi connectivity index (χ4n) is 1.86. The first-order valence-electron chi connectivity index (χ1n) is 5.94. The summed E-state index contributed by atoms with van der Waals surface area (Å²) in [5.74, 6) is 0.900. The molecule has 6 nitrogen and oxygen atoms in total. The predicted molar refractivity (Wildman–Crippen MR) is 73.8 cm³/mol. The number of furan rings is 1. The molecule has 19 heavy (non-hydrogen) atoms. The van der Waals surface area contributed by atoms with Crippen LogP contribution in [0.3, 0.4) is 0 Å². The molecule has 1 aliphatic heterocycles. The van der Waals surface area contributed by atoms with Gasteiger partial charge in [0.15, 0.2) is 5.76 Å². The summed E-state index contributed by atoms with van der Waals surface area (Å²) in [7, 11) is 0. The van der Waals surface area contributed by atoms with Gasteiger partial charge in [-0.1, -0.05) is 0 Å². The summed E-state index contributed by atoms with van der Waals surface area (Å²) in [5.41, 5.74) is 2.25. The van der Waals surface area contributed by atoms with Crippen molar-refractivity contribution >= 4 is 33.9 Å². The molecule has 2 rings (SSSR count). The maximum Gasteiger partial charge on any atom is 0.254 e. The largest absolute Gasteiger partial charge is 0.438 e. The molecule has 0 spiro atoms. The first kappa shape index (κ1) is 13.6. The molecule has 0 radical (unpaired) electrons. The SMILES string of the molecule is N#CCC(=O)N/N=C\c1cc(Br)c(N2CCCC2)o1. The molecular formula is C12H13BrN4O2. The van der Waals surface area contributed by atoms with Gasteiger partial charge in [0.25, 0.3) is 5.91 Å². The minimum absolute atomic E-state index is 0.210. The van der Waals surface area contributed by atoms with E-state index < -0.39 is 5.91 Å². The third-order valence-corrected chi connectivity index (χ3v) is 3.27. The van der Waals surface area contributed by atoms with Crippen LogP contribution in [0.15, 0.2) is 20.1 Å². The molecule has 0 atom stereocenters. The van der Waals surface area contributed by atoms with E-state index in [1.807, 2.05) is 0 Å². The van der Waals surface area contributed by atoms with Crippen molar-refractivity contribution < 1.29 is 9.21 Å². The minimum atomic E-state index is -0.441. The Morgan fingerprint density at radius 1 is 1.63 bits per heavy atom. The van der Waals surface area contributed by atoms with Crippen molar-refractivity contribution in [3.63, 3.8) is 0 Å². The smallest absolute Gasteiger partial charge is 0.254 e. The van der Waals surface area contributed by atoms with Crippen molar-refractivity contribution in [1.29, 1.82) is 5.26 Å². The molecule has 1 fully saturated rings. The summed E-state index contributed by atoms with van der Waals surface area (Å²) in [5, 5.41) is 12.1. The maximum atomic E-state index is 11.0. The number of nitrogens with one attached hydrogen (secondary N) is 1. The number of hydrazone groups is 1. The van der Waals surface area contributed by atoms with E-state index in [-0.39, 0.29) is 6.42 Å². The highest BCUT2D eigenvalue weighted by Gasteiger charge is 2.19. The second-order valence-corrected chi connectivity index (χ2v) is 4.98. The Labute approximate surface area is 119 Å². The van der Waals surface area contributed by atoms with E-state index in [2.05, 4.69) is 31.4 Å². The van der Waals surface area contributed by atoms with Crippen LogP contribution in [-0.2, 0) is 4.79 Å². The van der Waals surface area contributed by atoms with Gasteiger partial charge in [-0.25, -0.2) is 5.43 Å². The fourth-order valence-corrected chi connectivity index (χ4v) is 2.41. The Morgan fingerprint density at radius 3 is 3.05 bits per heavy atom. The Kier molecular flexibility index (Phi) is 4.58. The van der Waals surface area contributed by atoms with E-state index in [0.717, 1.165) is 23.4 Å². The second-order valence-electron chi connectivity index (χ2n) is 4.12. The topological polar surface area (TPSA) is 81.6 Å². The average molecular weight is 325 g/mol. The van der Waals surface area contributed by atoms with Gasteiger partial charge in [0, 0.05) is 19.2 Å². The lowest BCUT2D eigenvalue weighted by Gasteiger charge is -2.13. The summed E-state index contributed by atoms with van der Waals surface area (Å²) in [6, 6.07) is 3.54. The molecule has 100 valence electrons. The van der Waals surface area contributed by atoms with Gasteiger partial charge in [0.05, 0.1) is 16.8 Å². The van der Waals surface area contributed by atoms with Gasteiger partial charge < -0.3 is 9.32 Å². The van der Waals surface area contributed by atoms with Crippen molar-refractivity contribution in [2.75, 3.05) is 18.0 Å². The number of nitrogens with zero attached hydrogens (tertiary/aromatic N) is 3. The van der Waals surface area contributed by atoms with Crippen LogP contribution in [0.1, 0.15) is 25.0 Å². The van der Waals surface area contributed by atoms with Gasteiger partial charge in [-0.15, -0.1) is 0 Å².